The number of aryl methyl sites for hydroxylation is 1. The van der Waals surface area contributed by atoms with Crippen LogP contribution in [0.4, 0.5) is 0 Å². The molecule has 0 aliphatic carbocycles. The second-order valence-corrected chi connectivity index (χ2v) is 7.78. The van der Waals surface area contributed by atoms with E-state index in [0.29, 0.717) is 23.7 Å². The summed E-state index contributed by atoms with van der Waals surface area (Å²) in [5, 5.41) is 0. The van der Waals surface area contributed by atoms with Crippen LogP contribution < -0.4 is 0 Å². The number of hydrogen-bond donors (Lipinski definition) is 0. The summed E-state index contributed by atoms with van der Waals surface area (Å²) in [4.78, 5) is 2.58. The average Bonchev–Trinajstić information content (AvgIpc) is 2.46. The molecule has 6 heteroatoms. The van der Waals surface area contributed by atoms with Crippen LogP contribution in [-0.4, -0.2) is 50.3 Å². The van der Waals surface area contributed by atoms with Gasteiger partial charge in [0.15, 0.2) is 0 Å². The normalized spacial score (nSPS) is 21.6. The molecule has 1 saturated heterocycles. The minimum atomic E-state index is -3.46. The van der Waals surface area contributed by atoms with Gasteiger partial charge in [0.05, 0.1) is 4.90 Å². The van der Waals surface area contributed by atoms with E-state index in [1.807, 2.05) is 33.0 Å². The first-order valence-corrected chi connectivity index (χ1v) is 9.25. The molecule has 1 atom stereocenters. The van der Waals surface area contributed by atoms with E-state index < -0.39 is 10.0 Å². The van der Waals surface area contributed by atoms with E-state index in [9.17, 15) is 8.42 Å². The highest BCUT2D eigenvalue weighted by molar-refractivity contribution is 7.89. The quantitative estimate of drug-likeness (QED) is 0.795. The largest absolute Gasteiger partial charge is 0.303 e. The van der Waals surface area contributed by atoms with Crippen LogP contribution in [0.1, 0.15) is 25.0 Å². The minimum absolute atomic E-state index is 0.0156. The molecule has 118 valence electrons. The molecule has 4 nitrogen and oxygen atoms in total. The molecule has 1 aromatic rings. The highest BCUT2D eigenvalue weighted by Crippen LogP contribution is 2.26. The van der Waals surface area contributed by atoms with E-state index in [0.717, 1.165) is 24.2 Å². The lowest BCUT2D eigenvalue weighted by Gasteiger charge is -2.37. The van der Waals surface area contributed by atoms with E-state index in [4.69, 9.17) is 11.6 Å². The van der Waals surface area contributed by atoms with Crippen molar-refractivity contribution in [3.8, 4) is 0 Å². The van der Waals surface area contributed by atoms with Crippen LogP contribution in [0.5, 0.6) is 0 Å². The molecule has 0 spiro atoms. The molecule has 1 aliphatic heterocycles. The molecule has 0 N–H and O–H groups in total. The van der Waals surface area contributed by atoms with Crippen molar-refractivity contribution in [2.75, 3.05) is 26.7 Å². The van der Waals surface area contributed by atoms with Crippen molar-refractivity contribution < 1.29 is 8.42 Å². The average molecular weight is 331 g/mol. The molecule has 1 unspecified atom stereocenters. The Morgan fingerprint density at radius 3 is 2.62 bits per heavy atom. The van der Waals surface area contributed by atoms with Gasteiger partial charge in [-0.25, -0.2) is 8.42 Å². The summed E-state index contributed by atoms with van der Waals surface area (Å²) in [5.41, 5.74) is 1.70. The van der Waals surface area contributed by atoms with E-state index in [1.165, 1.54) is 0 Å². The first-order valence-electron chi connectivity index (χ1n) is 7.28. The van der Waals surface area contributed by atoms with Crippen LogP contribution in [0.3, 0.4) is 0 Å². The SMILES string of the molecule is CCc1ccc(CCl)cc1S(=O)(=O)N1CCN(C)CC1C. The Bertz CT molecular complexity index is 604. The molecule has 0 saturated carbocycles. The zero-order valence-electron chi connectivity index (χ0n) is 12.8. The lowest BCUT2D eigenvalue weighted by molar-refractivity contribution is 0.170. The third-order valence-corrected chi connectivity index (χ3v) is 6.43. The molecule has 2 rings (SSSR count). The summed E-state index contributed by atoms with van der Waals surface area (Å²) in [5.74, 6) is 0.324. The number of hydrogen-bond acceptors (Lipinski definition) is 3. The van der Waals surface area contributed by atoms with Gasteiger partial charge in [-0.2, -0.15) is 4.31 Å². The summed E-state index contributed by atoms with van der Waals surface area (Å²) in [6.07, 6.45) is 0.694. The Morgan fingerprint density at radius 1 is 1.33 bits per heavy atom. The maximum Gasteiger partial charge on any atom is 0.243 e. The third kappa shape index (κ3) is 3.42. The van der Waals surface area contributed by atoms with Crippen molar-refractivity contribution in [2.45, 2.75) is 37.1 Å². The number of rotatable bonds is 4. The van der Waals surface area contributed by atoms with Crippen molar-refractivity contribution in [3.63, 3.8) is 0 Å². The van der Waals surface area contributed by atoms with Gasteiger partial charge in [-0.05, 0) is 37.6 Å². The Hall–Kier alpha value is -0.620. The number of benzene rings is 1. The van der Waals surface area contributed by atoms with Gasteiger partial charge in [-0.15, -0.1) is 11.6 Å². The lowest BCUT2D eigenvalue weighted by Crippen LogP contribution is -2.52. The van der Waals surface area contributed by atoms with Gasteiger partial charge in [-0.1, -0.05) is 19.1 Å². The lowest BCUT2D eigenvalue weighted by atomic mass is 10.1. The highest BCUT2D eigenvalue weighted by Gasteiger charge is 2.33. The number of nitrogens with zero attached hydrogens (tertiary/aromatic N) is 2. The Morgan fingerprint density at radius 2 is 2.05 bits per heavy atom. The van der Waals surface area contributed by atoms with Crippen molar-refractivity contribution in [2.24, 2.45) is 0 Å². The summed E-state index contributed by atoms with van der Waals surface area (Å²) >= 11 is 5.86. The Kier molecular flexibility index (Phi) is 5.30. The van der Waals surface area contributed by atoms with E-state index in [-0.39, 0.29) is 6.04 Å². The smallest absolute Gasteiger partial charge is 0.243 e. The van der Waals surface area contributed by atoms with E-state index >= 15 is 0 Å². The van der Waals surface area contributed by atoms with Crippen LogP contribution in [0.25, 0.3) is 0 Å². The van der Waals surface area contributed by atoms with E-state index in [2.05, 4.69) is 4.90 Å². The fourth-order valence-corrected chi connectivity index (χ4v) is 4.95. The van der Waals surface area contributed by atoms with Crippen LogP contribution in [-0.2, 0) is 22.3 Å². The topological polar surface area (TPSA) is 40.6 Å². The number of sulfonamides is 1. The molecule has 0 aromatic heterocycles. The van der Waals surface area contributed by atoms with Crippen molar-refractivity contribution >= 4 is 21.6 Å². The first kappa shape index (κ1) is 16.7. The predicted molar refractivity (Wildman–Crippen MR) is 86.2 cm³/mol. The number of likely N-dealkylation sites (N-methyl/N-ethyl adjacent to an activating group) is 1. The van der Waals surface area contributed by atoms with Gasteiger partial charge < -0.3 is 4.90 Å². The summed E-state index contributed by atoms with van der Waals surface area (Å²) in [7, 11) is -1.44. The second kappa shape index (κ2) is 6.65. The fourth-order valence-electron chi connectivity index (χ4n) is 2.82. The van der Waals surface area contributed by atoms with Gasteiger partial charge in [0.1, 0.15) is 0 Å². The number of piperazine rings is 1. The molecule has 0 bridgehead atoms. The maximum absolute atomic E-state index is 13.0. The van der Waals surface area contributed by atoms with Crippen LogP contribution >= 0.6 is 11.6 Å². The molecule has 0 radical (unpaired) electrons. The molecule has 1 heterocycles. The minimum Gasteiger partial charge on any atom is -0.303 e. The van der Waals surface area contributed by atoms with Gasteiger partial charge in [0, 0.05) is 31.6 Å². The van der Waals surface area contributed by atoms with Crippen LogP contribution in [0, 0.1) is 0 Å². The van der Waals surface area contributed by atoms with Crippen molar-refractivity contribution in [1.29, 1.82) is 0 Å². The first-order chi connectivity index (χ1) is 9.90. The molecule has 21 heavy (non-hydrogen) atoms. The standard InChI is InChI=1S/C15H23ClN2O2S/c1-4-14-6-5-13(10-16)9-15(14)21(19,20)18-8-7-17(3)11-12(18)2/h5-6,9,12H,4,7-8,10-11H2,1-3H3. The zero-order valence-corrected chi connectivity index (χ0v) is 14.4. The third-order valence-electron chi connectivity index (χ3n) is 4.02. The molecule has 0 amide bonds. The van der Waals surface area contributed by atoms with Crippen molar-refractivity contribution in [3.05, 3.63) is 29.3 Å². The van der Waals surface area contributed by atoms with Gasteiger partial charge in [-0.3, -0.25) is 0 Å². The second-order valence-electron chi connectivity index (χ2n) is 5.66. The van der Waals surface area contributed by atoms with Crippen molar-refractivity contribution in [1.82, 2.24) is 9.21 Å². The van der Waals surface area contributed by atoms with Gasteiger partial charge >= 0.3 is 0 Å². The zero-order chi connectivity index (χ0) is 15.6. The Labute approximate surface area is 132 Å². The summed E-state index contributed by atoms with van der Waals surface area (Å²) < 4.78 is 27.7. The molecule has 1 fully saturated rings. The summed E-state index contributed by atoms with van der Waals surface area (Å²) in [6, 6.07) is 5.49. The van der Waals surface area contributed by atoms with Gasteiger partial charge in [0.25, 0.3) is 0 Å². The Balaban J connectivity index is 2.43. The fraction of sp³-hybridized carbons (Fsp3) is 0.600. The molecule has 1 aromatic carbocycles. The van der Waals surface area contributed by atoms with Gasteiger partial charge in [0.2, 0.25) is 10.0 Å². The predicted octanol–water partition coefficient (Wildman–Crippen LogP) is 2.31. The maximum atomic E-state index is 13.0. The summed E-state index contributed by atoms with van der Waals surface area (Å²) in [6.45, 7) is 6.00. The molecular weight excluding hydrogens is 308 g/mol. The number of alkyl halides is 1. The highest BCUT2D eigenvalue weighted by atomic mass is 35.5. The van der Waals surface area contributed by atoms with E-state index in [1.54, 1.807) is 10.4 Å². The van der Waals surface area contributed by atoms with Crippen LogP contribution in [0.15, 0.2) is 23.1 Å². The van der Waals surface area contributed by atoms with Crippen LogP contribution in [0.2, 0.25) is 0 Å². The number of halogens is 1. The molecule has 1 aliphatic rings. The monoisotopic (exact) mass is 330 g/mol. The molecular formula is C15H23ClN2O2S.